The molecule has 0 fully saturated rings. The molecule has 0 saturated heterocycles. The molecule has 0 aromatic rings. The van der Waals surface area contributed by atoms with Crippen molar-refractivity contribution in [2.24, 2.45) is 5.41 Å². The maximum absolute atomic E-state index is 11.5. The van der Waals surface area contributed by atoms with Crippen molar-refractivity contribution >= 4 is 11.8 Å². The normalized spacial score (nSPS) is 12.9. The number of hydrogen-bond donors (Lipinski definition) is 2. The van der Waals surface area contributed by atoms with Crippen LogP contribution in [0.4, 0.5) is 0 Å². The average Bonchev–Trinajstić information content (AvgIpc) is 2.37. The van der Waals surface area contributed by atoms with Crippen LogP contribution in [0, 0.1) is 5.41 Å². The Hall–Kier alpha value is -1.06. The monoisotopic (exact) mass is 256 g/mol. The maximum Gasteiger partial charge on any atom is 0.309 e. The van der Waals surface area contributed by atoms with Crippen molar-refractivity contribution in [3.8, 4) is 0 Å². The first-order chi connectivity index (χ1) is 8.38. The number of carbonyl (C=O) groups excluding carboxylic acids is 2. The summed E-state index contributed by atoms with van der Waals surface area (Å²) in [7, 11) is 0. The van der Waals surface area contributed by atoms with Crippen LogP contribution in [0.25, 0.3) is 0 Å². The molecular formula is C14H28N2O2. The summed E-state index contributed by atoms with van der Waals surface area (Å²) >= 11 is 0. The fourth-order valence-corrected chi connectivity index (χ4v) is 1.55. The van der Waals surface area contributed by atoms with Gasteiger partial charge < -0.3 is 10.6 Å². The maximum atomic E-state index is 11.5. The summed E-state index contributed by atoms with van der Waals surface area (Å²) in [5.41, 5.74) is 0.250. The minimum absolute atomic E-state index is 0.0415. The molecule has 1 unspecified atom stereocenters. The summed E-state index contributed by atoms with van der Waals surface area (Å²) in [6.07, 6.45) is 3.89. The number of nitrogens with one attached hydrogen (secondary N) is 2. The molecule has 0 aliphatic heterocycles. The largest absolute Gasteiger partial charge is 0.348 e. The lowest BCUT2D eigenvalue weighted by molar-refractivity contribution is -0.139. The van der Waals surface area contributed by atoms with Gasteiger partial charge in [-0.1, -0.05) is 40.5 Å². The van der Waals surface area contributed by atoms with Crippen molar-refractivity contribution < 1.29 is 9.59 Å². The quantitative estimate of drug-likeness (QED) is 0.686. The molecule has 0 saturated carbocycles. The zero-order valence-corrected chi connectivity index (χ0v) is 12.4. The SMILES string of the molecule is CCC(C)NC(=O)C(=O)NCCC(C)(CC)CC. The van der Waals surface area contributed by atoms with Crippen LogP contribution in [-0.4, -0.2) is 24.4 Å². The zero-order chi connectivity index (χ0) is 14.2. The van der Waals surface area contributed by atoms with Gasteiger partial charge >= 0.3 is 11.8 Å². The van der Waals surface area contributed by atoms with Crippen LogP contribution in [0.1, 0.15) is 60.3 Å². The Balaban J connectivity index is 4.00. The molecule has 0 aliphatic carbocycles. The third-order valence-corrected chi connectivity index (χ3v) is 3.92. The summed E-state index contributed by atoms with van der Waals surface area (Å²) in [5.74, 6) is -1.05. The molecule has 0 rings (SSSR count). The van der Waals surface area contributed by atoms with E-state index in [-0.39, 0.29) is 11.5 Å². The van der Waals surface area contributed by atoms with E-state index >= 15 is 0 Å². The first-order valence-corrected chi connectivity index (χ1v) is 6.97. The van der Waals surface area contributed by atoms with E-state index < -0.39 is 11.8 Å². The Morgan fingerprint density at radius 3 is 2.11 bits per heavy atom. The molecule has 4 heteroatoms. The van der Waals surface area contributed by atoms with Crippen LogP contribution < -0.4 is 10.6 Å². The second-order valence-corrected chi connectivity index (χ2v) is 5.31. The van der Waals surface area contributed by atoms with Gasteiger partial charge in [0.2, 0.25) is 0 Å². The molecule has 0 aliphatic rings. The smallest absolute Gasteiger partial charge is 0.309 e. The second-order valence-electron chi connectivity index (χ2n) is 5.31. The van der Waals surface area contributed by atoms with Gasteiger partial charge in [-0.15, -0.1) is 0 Å². The highest BCUT2D eigenvalue weighted by Gasteiger charge is 2.20. The van der Waals surface area contributed by atoms with E-state index in [0.717, 1.165) is 25.7 Å². The summed E-state index contributed by atoms with van der Waals surface area (Å²) in [6, 6.07) is 0.0415. The van der Waals surface area contributed by atoms with Crippen LogP contribution in [0.5, 0.6) is 0 Å². The van der Waals surface area contributed by atoms with Crippen molar-refractivity contribution in [2.75, 3.05) is 6.54 Å². The van der Waals surface area contributed by atoms with Crippen LogP contribution in [0.3, 0.4) is 0 Å². The van der Waals surface area contributed by atoms with Gasteiger partial charge in [0.05, 0.1) is 0 Å². The standard InChI is InChI=1S/C14H28N2O2/c1-6-11(4)16-13(18)12(17)15-10-9-14(5,7-2)8-3/h11H,6-10H2,1-5H3,(H,15,17)(H,16,18). The molecular weight excluding hydrogens is 228 g/mol. The number of amides is 2. The van der Waals surface area contributed by atoms with Crippen molar-refractivity contribution in [2.45, 2.75) is 66.3 Å². The van der Waals surface area contributed by atoms with Gasteiger partial charge in [-0.2, -0.15) is 0 Å². The van der Waals surface area contributed by atoms with Crippen LogP contribution >= 0.6 is 0 Å². The number of carbonyl (C=O) groups is 2. The minimum Gasteiger partial charge on any atom is -0.348 e. The number of rotatable bonds is 7. The lowest BCUT2D eigenvalue weighted by Gasteiger charge is -2.26. The molecule has 2 amide bonds. The molecule has 4 nitrogen and oxygen atoms in total. The highest BCUT2D eigenvalue weighted by Crippen LogP contribution is 2.28. The van der Waals surface area contributed by atoms with Crippen LogP contribution in [0.2, 0.25) is 0 Å². The lowest BCUT2D eigenvalue weighted by atomic mass is 9.81. The van der Waals surface area contributed by atoms with E-state index in [2.05, 4.69) is 31.4 Å². The third kappa shape index (κ3) is 6.03. The molecule has 2 N–H and O–H groups in total. The average molecular weight is 256 g/mol. The predicted molar refractivity (Wildman–Crippen MR) is 74.2 cm³/mol. The summed E-state index contributed by atoms with van der Waals surface area (Å²) in [5, 5.41) is 5.34. The lowest BCUT2D eigenvalue weighted by Crippen LogP contribution is -2.44. The summed E-state index contributed by atoms with van der Waals surface area (Å²) in [6.45, 7) is 10.9. The van der Waals surface area contributed by atoms with Crippen LogP contribution in [-0.2, 0) is 9.59 Å². The minimum atomic E-state index is -0.529. The fourth-order valence-electron chi connectivity index (χ4n) is 1.55. The molecule has 0 aromatic carbocycles. The van der Waals surface area contributed by atoms with E-state index in [1.165, 1.54) is 0 Å². The van der Waals surface area contributed by atoms with E-state index in [0.29, 0.717) is 6.54 Å². The Bertz CT molecular complexity index is 273. The zero-order valence-electron chi connectivity index (χ0n) is 12.4. The highest BCUT2D eigenvalue weighted by molar-refractivity contribution is 6.35. The van der Waals surface area contributed by atoms with Gasteiger partial charge in [-0.3, -0.25) is 9.59 Å². The summed E-state index contributed by atoms with van der Waals surface area (Å²) in [4.78, 5) is 23.0. The number of hydrogen-bond acceptors (Lipinski definition) is 2. The molecule has 18 heavy (non-hydrogen) atoms. The van der Waals surface area contributed by atoms with Crippen molar-refractivity contribution in [3.05, 3.63) is 0 Å². The second kappa shape index (κ2) is 8.11. The summed E-state index contributed by atoms with van der Waals surface area (Å²) < 4.78 is 0. The van der Waals surface area contributed by atoms with E-state index in [1.54, 1.807) is 0 Å². The molecule has 0 spiro atoms. The first-order valence-electron chi connectivity index (χ1n) is 6.97. The van der Waals surface area contributed by atoms with Gasteiger partial charge in [0, 0.05) is 12.6 Å². The van der Waals surface area contributed by atoms with E-state index in [4.69, 9.17) is 0 Å². The van der Waals surface area contributed by atoms with Gasteiger partial charge in [-0.05, 0) is 25.2 Å². The fraction of sp³-hybridized carbons (Fsp3) is 0.857. The molecule has 0 bridgehead atoms. The third-order valence-electron chi connectivity index (χ3n) is 3.92. The van der Waals surface area contributed by atoms with E-state index in [1.807, 2.05) is 13.8 Å². The predicted octanol–water partition coefficient (Wildman–Crippen LogP) is 2.23. The van der Waals surface area contributed by atoms with Gasteiger partial charge in [0.25, 0.3) is 0 Å². The van der Waals surface area contributed by atoms with Crippen molar-refractivity contribution in [1.29, 1.82) is 0 Å². The highest BCUT2D eigenvalue weighted by atomic mass is 16.2. The van der Waals surface area contributed by atoms with Crippen LogP contribution in [0.15, 0.2) is 0 Å². The van der Waals surface area contributed by atoms with E-state index in [9.17, 15) is 9.59 Å². The topological polar surface area (TPSA) is 58.2 Å². The molecule has 0 heterocycles. The van der Waals surface area contributed by atoms with Crippen molar-refractivity contribution in [1.82, 2.24) is 10.6 Å². The van der Waals surface area contributed by atoms with Gasteiger partial charge in [0.1, 0.15) is 0 Å². The molecule has 106 valence electrons. The first kappa shape index (κ1) is 16.9. The van der Waals surface area contributed by atoms with Crippen molar-refractivity contribution in [3.63, 3.8) is 0 Å². The molecule has 1 atom stereocenters. The molecule has 0 aromatic heterocycles. The Labute approximate surface area is 111 Å². The Kier molecular flexibility index (Phi) is 7.64. The Morgan fingerprint density at radius 2 is 1.67 bits per heavy atom. The Morgan fingerprint density at radius 1 is 1.11 bits per heavy atom. The van der Waals surface area contributed by atoms with Gasteiger partial charge in [-0.25, -0.2) is 0 Å². The van der Waals surface area contributed by atoms with Gasteiger partial charge in [0.15, 0.2) is 0 Å². The molecule has 0 radical (unpaired) electrons.